The van der Waals surface area contributed by atoms with Crippen molar-refractivity contribution < 1.29 is 14.7 Å². The Morgan fingerprint density at radius 1 is 1.48 bits per heavy atom. The van der Waals surface area contributed by atoms with Crippen LogP contribution < -0.4 is 5.32 Å². The smallest absolute Gasteiger partial charge is 0.290 e. The lowest BCUT2D eigenvalue weighted by molar-refractivity contribution is -0.132. The van der Waals surface area contributed by atoms with Crippen molar-refractivity contribution in [2.24, 2.45) is 5.41 Å². The number of nitrogens with one attached hydrogen (secondary N) is 1. The van der Waals surface area contributed by atoms with Gasteiger partial charge in [0, 0.05) is 18.2 Å². The largest absolute Gasteiger partial charge is 0.483 e. The maximum absolute atomic E-state index is 12.2. The molecule has 1 fully saturated rings. The van der Waals surface area contributed by atoms with Crippen LogP contribution >= 0.6 is 0 Å². The highest BCUT2D eigenvalue weighted by atomic mass is 16.3. The van der Waals surface area contributed by atoms with Crippen molar-refractivity contribution in [3.63, 3.8) is 0 Å². The van der Waals surface area contributed by atoms with Crippen LogP contribution in [0.5, 0.6) is 0 Å². The molecule has 2 N–H and O–H groups in total. The fraction of sp³-hybridized carbons (Fsp3) is 0.692. The lowest BCUT2D eigenvalue weighted by atomic mass is 9.79. The van der Waals surface area contributed by atoms with E-state index in [0.29, 0.717) is 13.1 Å². The van der Waals surface area contributed by atoms with Gasteiger partial charge in [0.25, 0.3) is 6.47 Å². The van der Waals surface area contributed by atoms with Gasteiger partial charge in [0.2, 0.25) is 5.91 Å². The van der Waals surface area contributed by atoms with E-state index >= 15 is 0 Å². The van der Waals surface area contributed by atoms with E-state index in [1.165, 1.54) is 0 Å². The Morgan fingerprint density at radius 2 is 2.10 bits per heavy atom. The van der Waals surface area contributed by atoms with Gasteiger partial charge in [-0.15, -0.1) is 5.10 Å². The van der Waals surface area contributed by atoms with Crippen LogP contribution in [0.2, 0.25) is 0 Å². The highest BCUT2D eigenvalue weighted by molar-refractivity contribution is 5.82. The summed E-state index contributed by atoms with van der Waals surface area (Å²) in [5.41, 5.74) is -0.213. The molecule has 8 nitrogen and oxygen atoms in total. The molecule has 2 rings (SSSR count). The first-order valence-electron chi connectivity index (χ1n) is 6.90. The zero-order valence-corrected chi connectivity index (χ0v) is 12.5. The molecule has 0 atom stereocenters. The van der Waals surface area contributed by atoms with Crippen molar-refractivity contribution in [3.05, 3.63) is 12.4 Å². The molecule has 0 radical (unpaired) electrons. The number of piperidine rings is 1. The normalized spacial score (nSPS) is 17.4. The van der Waals surface area contributed by atoms with E-state index in [0.717, 1.165) is 25.9 Å². The quantitative estimate of drug-likeness (QED) is 0.748. The average Bonchev–Trinajstić information content (AvgIpc) is 2.96. The molecule has 0 spiro atoms. The number of carboxylic acid groups (broad SMARTS) is 1. The second-order valence-electron chi connectivity index (χ2n) is 5.39. The summed E-state index contributed by atoms with van der Waals surface area (Å²) >= 11 is 0. The Labute approximate surface area is 124 Å². The maximum Gasteiger partial charge on any atom is 0.290 e. The van der Waals surface area contributed by atoms with E-state index in [4.69, 9.17) is 9.90 Å². The number of aromatic nitrogens is 3. The molecule has 0 aromatic carbocycles. The van der Waals surface area contributed by atoms with Crippen molar-refractivity contribution in [1.82, 2.24) is 25.2 Å². The van der Waals surface area contributed by atoms with Gasteiger partial charge in [-0.2, -0.15) is 0 Å². The van der Waals surface area contributed by atoms with E-state index < -0.39 is 0 Å². The molecular formula is C13H23N5O3. The lowest BCUT2D eigenvalue weighted by Crippen LogP contribution is -2.46. The molecular weight excluding hydrogens is 274 g/mol. The van der Waals surface area contributed by atoms with Gasteiger partial charge >= 0.3 is 0 Å². The zero-order chi connectivity index (χ0) is 15.7. The number of amides is 1. The summed E-state index contributed by atoms with van der Waals surface area (Å²) in [6.07, 6.45) is 5.29. The van der Waals surface area contributed by atoms with E-state index in [-0.39, 0.29) is 17.8 Å². The molecule has 1 aliphatic heterocycles. The topological polar surface area (TPSA) is 100 Å². The van der Waals surface area contributed by atoms with Crippen LogP contribution in [0, 0.1) is 5.41 Å². The van der Waals surface area contributed by atoms with Crippen LogP contribution in [0.4, 0.5) is 0 Å². The second-order valence-corrected chi connectivity index (χ2v) is 5.39. The van der Waals surface area contributed by atoms with Gasteiger partial charge in [-0.05, 0) is 33.0 Å². The van der Waals surface area contributed by atoms with E-state index in [9.17, 15) is 4.79 Å². The van der Waals surface area contributed by atoms with Gasteiger partial charge in [-0.25, -0.2) is 0 Å². The fourth-order valence-corrected chi connectivity index (χ4v) is 2.19. The Balaban J connectivity index is 0.000000677. The number of carbonyl (C=O) groups excluding carboxylic acids is 1. The summed E-state index contributed by atoms with van der Waals surface area (Å²) in [6, 6.07) is 0. The van der Waals surface area contributed by atoms with Crippen LogP contribution in [-0.2, 0) is 16.1 Å². The first-order valence-corrected chi connectivity index (χ1v) is 6.90. The number of carbonyl (C=O) groups is 2. The number of hydrogen-bond donors (Lipinski definition) is 2. The molecule has 0 unspecified atom stereocenters. The summed E-state index contributed by atoms with van der Waals surface area (Å²) in [6.45, 7) is 5.07. The summed E-state index contributed by atoms with van der Waals surface area (Å²) in [4.78, 5) is 22.8. The van der Waals surface area contributed by atoms with Crippen molar-refractivity contribution in [3.8, 4) is 0 Å². The van der Waals surface area contributed by atoms with Crippen LogP contribution in [-0.4, -0.2) is 64.1 Å². The van der Waals surface area contributed by atoms with E-state index in [1.807, 2.05) is 0 Å². The minimum absolute atomic E-state index is 0.163. The molecule has 1 aromatic heterocycles. The predicted molar refractivity (Wildman–Crippen MR) is 76.6 cm³/mol. The highest BCUT2D eigenvalue weighted by Gasteiger charge is 2.35. The summed E-state index contributed by atoms with van der Waals surface area (Å²) in [5.74, 6) is 0.163. The van der Waals surface area contributed by atoms with Gasteiger partial charge in [-0.1, -0.05) is 12.1 Å². The van der Waals surface area contributed by atoms with Gasteiger partial charge in [0.1, 0.15) is 0 Å². The van der Waals surface area contributed by atoms with Gasteiger partial charge < -0.3 is 15.3 Å². The SMILES string of the molecule is CN1CCC(C)(C(=O)NCCn2ccnn2)CC1.O=CO. The first-order chi connectivity index (χ1) is 10.0. The molecule has 0 aliphatic carbocycles. The number of likely N-dealkylation sites (tertiary alicyclic amines) is 1. The van der Waals surface area contributed by atoms with Gasteiger partial charge in [0.15, 0.2) is 0 Å². The zero-order valence-electron chi connectivity index (χ0n) is 12.5. The third kappa shape index (κ3) is 5.50. The van der Waals surface area contributed by atoms with Crippen LogP contribution in [0.1, 0.15) is 19.8 Å². The molecule has 118 valence electrons. The standard InChI is InChI=1S/C12H21N5O.CH2O2/c1-12(3-7-16(2)8-4-12)11(18)13-5-9-17-10-6-14-15-17;2-1-3/h6,10H,3-5,7-9H2,1-2H3,(H,13,18);1H,(H,2,3). The monoisotopic (exact) mass is 297 g/mol. The maximum atomic E-state index is 12.2. The molecule has 1 aliphatic rings. The summed E-state index contributed by atoms with van der Waals surface area (Å²) < 4.78 is 1.72. The molecule has 2 heterocycles. The number of rotatable bonds is 4. The predicted octanol–water partition coefficient (Wildman–Crippen LogP) is -0.173. The molecule has 8 heteroatoms. The minimum atomic E-state index is -0.250. The van der Waals surface area contributed by atoms with Crippen molar-refractivity contribution >= 4 is 12.4 Å². The summed E-state index contributed by atoms with van der Waals surface area (Å²) in [5, 5.41) is 17.5. The Kier molecular flexibility index (Phi) is 6.80. The molecule has 1 aromatic rings. The van der Waals surface area contributed by atoms with Crippen LogP contribution in [0.25, 0.3) is 0 Å². The van der Waals surface area contributed by atoms with E-state index in [1.54, 1.807) is 17.1 Å². The van der Waals surface area contributed by atoms with Gasteiger partial charge in [0.05, 0.1) is 12.7 Å². The minimum Gasteiger partial charge on any atom is -0.483 e. The molecule has 0 saturated carbocycles. The Hall–Kier alpha value is -1.96. The van der Waals surface area contributed by atoms with Crippen molar-refractivity contribution in [2.45, 2.75) is 26.3 Å². The highest BCUT2D eigenvalue weighted by Crippen LogP contribution is 2.30. The van der Waals surface area contributed by atoms with Crippen LogP contribution in [0.3, 0.4) is 0 Å². The third-order valence-electron chi connectivity index (χ3n) is 3.74. The molecule has 1 amide bonds. The first kappa shape index (κ1) is 17.1. The molecule has 0 bridgehead atoms. The van der Waals surface area contributed by atoms with Crippen LogP contribution in [0.15, 0.2) is 12.4 Å². The lowest BCUT2D eigenvalue weighted by Gasteiger charge is -2.36. The van der Waals surface area contributed by atoms with Crippen molar-refractivity contribution in [2.75, 3.05) is 26.7 Å². The van der Waals surface area contributed by atoms with Gasteiger partial charge in [-0.3, -0.25) is 14.3 Å². The second kappa shape index (κ2) is 8.35. The van der Waals surface area contributed by atoms with E-state index in [2.05, 4.69) is 34.5 Å². The molecule has 1 saturated heterocycles. The number of nitrogens with zero attached hydrogens (tertiary/aromatic N) is 4. The Morgan fingerprint density at radius 3 is 2.62 bits per heavy atom. The van der Waals surface area contributed by atoms with Crippen molar-refractivity contribution in [1.29, 1.82) is 0 Å². The summed E-state index contributed by atoms with van der Waals surface area (Å²) in [7, 11) is 2.10. The third-order valence-corrected chi connectivity index (χ3v) is 3.74. The number of hydrogen-bond acceptors (Lipinski definition) is 5. The molecule has 21 heavy (non-hydrogen) atoms. The fourth-order valence-electron chi connectivity index (χ4n) is 2.19. The Bertz CT molecular complexity index is 427. The average molecular weight is 297 g/mol.